The highest BCUT2D eigenvalue weighted by molar-refractivity contribution is 8.03. The smallest absolute Gasteiger partial charge is 0.230 e. The van der Waals surface area contributed by atoms with Gasteiger partial charge < -0.3 is 9.64 Å². The maximum absolute atomic E-state index is 10.8. The first-order chi connectivity index (χ1) is 4.81. The third kappa shape index (κ3) is 0.653. The van der Waals surface area contributed by atoms with Crippen LogP contribution in [-0.4, -0.2) is 23.3 Å². The number of nitrogens with zero attached hydrogens (tertiary/aromatic N) is 1. The number of methoxy groups -OCH3 is 1. The number of ether oxygens (including phenoxy) is 1. The Morgan fingerprint density at radius 2 is 2.70 bits per heavy atom. The van der Waals surface area contributed by atoms with Gasteiger partial charge >= 0.3 is 0 Å². The Bertz CT molecular complexity index is 214. The molecule has 0 aromatic carbocycles. The first-order valence-electron chi connectivity index (χ1n) is 3.05. The number of fused-ring (bicyclic) bond motifs is 1. The lowest BCUT2D eigenvalue weighted by atomic mass is 10.2. The van der Waals surface area contributed by atoms with Crippen molar-refractivity contribution in [1.29, 1.82) is 0 Å². The second-order valence-electron chi connectivity index (χ2n) is 2.23. The average Bonchev–Trinajstić information content (AvgIpc) is 2.26. The van der Waals surface area contributed by atoms with Crippen LogP contribution >= 0.6 is 11.8 Å². The van der Waals surface area contributed by atoms with Crippen molar-refractivity contribution in [3.63, 3.8) is 0 Å². The van der Waals surface area contributed by atoms with Crippen molar-refractivity contribution in [3.8, 4) is 0 Å². The van der Waals surface area contributed by atoms with Gasteiger partial charge in [0, 0.05) is 0 Å². The Morgan fingerprint density at radius 1 is 1.90 bits per heavy atom. The highest BCUT2D eigenvalue weighted by atomic mass is 32.2. The minimum absolute atomic E-state index is 0.199. The molecule has 0 saturated carbocycles. The van der Waals surface area contributed by atoms with Gasteiger partial charge in [-0.3, -0.25) is 4.79 Å². The molecule has 0 aliphatic carbocycles. The van der Waals surface area contributed by atoms with Gasteiger partial charge in [-0.1, -0.05) is 11.8 Å². The predicted octanol–water partition coefficient (Wildman–Crippen LogP) is 0.737. The largest absolute Gasteiger partial charge is 0.489 e. The molecule has 2 heterocycles. The summed E-state index contributed by atoms with van der Waals surface area (Å²) in [5, 5.41) is 1.18. The third-order valence-electron chi connectivity index (χ3n) is 1.65. The van der Waals surface area contributed by atoms with E-state index in [-0.39, 0.29) is 5.91 Å². The second kappa shape index (κ2) is 1.92. The number of hydrogen-bond donors (Lipinski definition) is 0. The molecule has 1 amide bonds. The fourth-order valence-electron chi connectivity index (χ4n) is 1.03. The van der Waals surface area contributed by atoms with E-state index in [9.17, 15) is 4.79 Å². The van der Waals surface area contributed by atoms with Crippen molar-refractivity contribution in [2.75, 3.05) is 7.11 Å². The van der Waals surface area contributed by atoms with E-state index in [1.165, 1.54) is 0 Å². The highest BCUT2D eigenvalue weighted by Crippen LogP contribution is 2.41. The summed E-state index contributed by atoms with van der Waals surface area (Å²) in [5.74, 6) is 0.199. The molecule has 1 saturated heterocycles. The van der Waals surface area contributed by atoms with Gasteiger partial charge in [-0.05, 0) is 0 Å². The van der Waals surface area contributed by atoms with Crippen molar-refractivity contribution in [2.24, 2.45) is 0 Å². The number of thioether (sulfide) groups is 1. The van der Waals surface area contributed by atoms with Crippen LogP contribution in [0.15, 0.2) is 11.3 Å². The van der Waals surface area contributed by atoms with Crippen LogP contribution in [0, 0.1) is 0 Å². The monoisotopic (exact) mass is 157 g/mol. The molecular formula is C6H7NO2S. The summed E-state index contributed by atoms with van der Waals surface area (Å²) in [5.41, 5.74) is 0. The van der Waals surface area contributed by atoms with E-state index >= 15 is 0 Å². The third-order valence-corrected chi connectivity index (χ3v) is 2.82. The van der Waals surface area contributed by atoms with Crippen LogP contribution in [0.5, 0.6) is 0 Å². The first-order valence-corrected chi connectivity index (χ1v) is 3.93. The SMILES string of the molecule is COC1=CN2C(=O)C[C@H]2S1. The Balaban J connectivity index is 2.12. The summed E-state index contributed by atoms with van der Waals surface area (Å²) in [6, 6.07) is 0. The number of rotatable bonds is 1. The van der Waals surface area contributed by atoms with Crippen molar-refractivity contribution in [2.45, 2.75) is 11.8 Å². The molecule has 2 aliphatic rings. The summed E-state index contributed by atoms with van der Waals surface area (Å²) in [7, 11) is 1.62. The summed E-state index contributed by atoms with van der Waals surface area (Å²) >= 11 is 1.61. The molecule has 4 heteroatoms. The van der Waals surface area contributed by atoms with E-state index in [0.29, 0.717) is 11.8 Å². The van der Waals surface area contributed by atoms with Crippen molar-refractivity contribution >= 4 is 17.7 Å². The second-order valence-corrected chi connectivity index (χ2v) is 3.41. The van der Waals surface area contributed by atoms with Crippen LogP contribution in [0.3, 0.4) is 0 Å². The Kier molecular flexibility index (Phi) is 1.17. The minimum atomic E-state index is 0.199. The molecule has 0 bridgehead atoms. The van der Waals surface area contributed by atoms with Gasteiger partial charge in [-0.15, -0.1) is 0 Å². The topological polar surface area (TPSA) is 29.5 Å². The van der Waals surface area contributed by atoms with E-state index in [1.807, 2.05) is 0 Å². The quantitative estimate of drug-likeness (QED) is 0.526. The maximum Gasteiger partial charge on any atom is 0.230 e. The number of β-lactam (4-membered cyclic amide) rings is 1. The Morgan fingerprint density at radius 3 is 3.20 bits per heavy atom. The zero-order chi connectivity index (χ0) is 7.14. The van der Waals surface area contributed by atoms with Crippen LogP contribution in [0.4, 0.5) is 0 Å². The van der Waals surface area contributed by atoms with Crippen molar-refractivity contribution in [3.05, 3.63) is 11.3 Å². The lowest BCUT2D eigenvalue weighted by molar-refractivity contribution is -0.137. The summed E-state index contributed by atoms with van der Waals surface area (Å²) in [6.45, 7) is 0. The molecule has 1 fully saturated rings. The number of carbonyl (C=O) groups is 1. The number of amides is 1. The van der Waals surface area contributed by atoms with E-state index in [2.05, 4.69) is 0 Å². The van der Waals surface area contributed by atoms with Crippen LogP contribution < -0.4 is 0 Å². The predicted molar refractivity (Wildman–Crippen MR) is 37.9 cm³/mol. The molecule has 3 nitrogen and oxygen atoms in total. The Labute approximate surface area is 63.0 Å². The fraction of sp³-hybridized carbons (Fsp3) is 0.500. The molecule has 10 heavy (non-hydrogen) atoms. The lowest BCUT2D eigenvalue weighted by Crippen LogP contribution is -2.44. The van der Waals surface area contributed by atoms with Gasteiger partial charge in [0.1, 0.15) is 0 Å². The van der Waals surface area contributed by atoms with E-state index in [0.717, 1.165) is 5.09 Å². The normalized spacial score (nSPS) is 29.3. The minimum Gasteiger partial charge on any atom is -0.489 e. The first kappa shape index (κ1) is 6.09. The summed E-state index contributed by atoms with van der Waals surface area (Å²) < 4.78 is 4.97. The van der Waals surface area contributed by atoms with Crippen molar-refractivity contribution < 1.29 is 9.53 Å². The average molecular weight is 157 g/mol. The summed E-state index contributed by atoms with van der Waals surface area (Å²) in [4.78, 5) is 12.5. The molecule has 0 aromatic rings. The van der Waals surface area contributed by atoms with Crippen molar-refractivity contribution in [1.82, 2.24) is 4.90 Å². The lowest BCUT2D eigenvalue weighted by Gasteiger charge is -2.31. The molecular weight excluding hydrogens is 150 g/mol. The zero-order valence-electron chi connectivity index (χ0n) is 5.53. The number of hydrogen-bond acceptors (Lipinski definition) is 3. The van der Waals surface area contributed by atoms with E-state index in [1.54, 1.807) is 30.0 Å². The van der Waals surface area contributed by atoms with Crippen LogP contribution in [-0.2, 0) is 9.53 Å². The molecule has 0 spiro atoms. The Hall–Kier alpha value is -0.640. The summed E-state index contributed by atoms with van der Waals surface area (Å²) in [6.07, 6.45) is 2.43. The van der Waals surface area contributed by atoms with Crippen LogP contribution in [0.1, 0.15) is 6.42 Å². The highest BCUT2D eigenvalue weighted by Gasteiger charge is 2.41. The molecule has 0 aromatic heterocycles. The van der Waals surface area contributed by atoms with Gasteiger partial charge in [0.25, 0.3) is 0 Å². The molecule has 0 radical (unpaired) electrons. The maximum atomic E-state index is 10.8. The van der Waals surface area contributed by atoms with Crippen LogP contribution in [0.2, 0.25) is 0 Å². The molecule has 54 valence electrons. The molecule has 2 rings (SSSR count). The van der Waals surface area contributed by atoms with Gasteiger partial charge in [0.2, 0.25) is 5.91 Å². The molecule has 0 unspecified atom stereocenters. The zero-order valence-corrected chi connectivity index (χ0v) is 6.35. The van der Waals surface area contributed by atoms with Gasteiger partial charge in [0.15, 0.2) is 5.09 Å². The van der Waals surface area contributed by atoms with Gasteiger partial charge in [-0.2, -0.15) is 0 Å². The molecule has 0 N–H and O–H groups in total. The molecule has 2 aliphatic heterocycles. The standard InChI is InChI=1S/C6H7NO2S/c1-9-6-3-7-4(8)2-5(7)10-6/h3,5H,2H2,1H3/t5-/m1/s1. The van der Waals surface area contributed by atoms with Gasteiger partial charge in [0.05, 0.1) is 25.1 Å². The number of carbonyl (C=O) groups excluding carboxylic acids is 1. The van der Waals surface area contributed by atoms with Gasteiger partial charge in [-0.25, -0.2) is 0 Å². The van der Waals surface area contributed by atoms with E-state index < -0.39 is 0 Å². The molecule has 1 atom stereocenters. The fourth-order valence-corrected chi connectivity index (χ4v) is 2.09. The van der Waals surface area contributed by atoms with E-state index in [4.69, 9.17) is 4.74 Å². The van der Waals surface area contributed by atoms with Crippen LogP contribution in [0.25, 0.3) is 0 Å².